The highest BCUT2D eigenvalue weighted by Gasteiger charge is 2.16. The molecule has 1 atom stereocenters. The van der Waals surface area contributed by atoms with Crippen molar-refractivity contribution in [1.29, 1.82) is 0 Å². The number of sulfone groups is 1. The van der Waals surface area contributed by atoms with Crippen LogP contribution in [0.25, 0.3) is 10.4 Å². The van der Waals surface area contributed by atoms with Crippen LogP contribution in [0.4, 0.5) is 17.1 Å². The summed E-state index contributed by atoms with van der Waals surface area (Å²) in [4.78, 5) is 16.5. The lowest BCUT2D eigenvalue weighted by Crippen LogP contribution is -2.13. The number of carbonyl (C=O) groups is 1. The van der Waals surface area contributed by atoms with E-state index in [4.69, 9.17) is 10.3 Å². The normalized spacial score (nSPS) is 12.1. The van der Waals surface area contributed by atoms with E-state index in [2.05, 4.69) is 25.0 Å². The maximum Gasteiger partial charge on any atom is 0.337 e. The number of anilines is 1. The molecule has 0 aromatic heterocycles. The van der Waals surface area contributed by atoms with Crippen molar-refractivity contribution in [3.05, 3.63) is 94.4 Å². The Kier molecular flexibility index (Phi) is 10.6. The van der Waals surface area contributed by atoms with Crippen molar-refractivity contribution < 1.29 is 22.7 Å². The second kappa shape index (κ2) is 14.1. The van der Waals surface area contributed by atoms with Crippen LogP contribution in [0.3, 0.4) is 0 Å². The maximum atomic E-state index is 12.8. The summed E-state index contributed by atoms with van der Waals surface area (Å²) in [6, 6.07) is 20.4. The highest BCUT2D eigenvalue weighted by Crippen LogP contribution is 2.23. The number of esters is 1. The molecule has 204 valence electrons. The first kappa shape index (κ1) is 29.3. The number of azo groups is 1. The van der Waals surface area contributed by atoms with Crippen LogP contribution in [0.15, 0.2) is 93.0 Å². The highest BCUT2D eigenvalue weighted by atomic mass is 32.2. The molecule has 3 aromatic carbocycles. The van der Waals surface area contributed by atoms with Gasteiger partial charge in [0.15, 0.2) is 9.84 Å². The van der Waals surface area contributed by atoms with Crippen LogP contribution in [-0.2, 0) is 25.9 Å². The van der Waals surface area contributed by atoms with Crippen LogP contribution >= 0.6 is 0 Å². The minimum atomic E-state index is -3.56. The topological polar surface area (TPSA) is 146 Å². The van der Waals surface area contributed by atoms with Crippen LogP contribution < -0.4 is 4.90 Å². The van der Waals surface area contributed by atoms with E-state index in [1.165, 1.54) is 19.2 Å². The lowest BCUT2D eigenvalue weighted by molar-refractivity contribution is 0.0393. The van der Waals surface area contributed by atoms with Crippen LogP contribution in [0, 0.1) is 0 Å². The summed E-state index contributed by atoms with van der Waals surface area (Å²) in [5, 5.41) is 12.0. The molecule has 0 saturated heterocycles. The second-order valence-corrected chi connectivity index (χ2v) is 10.8. The summed E-state index contributed by atoms with van der Waals surface area (Å²) in [6.45, 7) is 0.133. The first-order chi connectivity index (χ1) is 18.7. The molecule has 0 spiro atoms. The molecular formula is C27H30N6O5S. The Morgan fingerprint density at radius 2 is 1.54 bits per heavy atom. The van der Waals surface area contributed by atoms with E-state index < -0.39 is 22.0 Å². The van der Waals surface area contributed by atoms with Crippen molar-refractivity contribution >= 4 is 32.9 Å². The van der Waals surface area contributed by atoms with Crippen molar-refractivity contribution in [2.45, 2.75) is 30.6 Å². The molecule has 3 aromatic rings. The molecule has 0 amide bonds. The van der Waals surface area contributed by atoms with E-state index in [9.17, 15) is 13.2 Å². The van der Waals surface area contributed by atoms with Gasteiger partial charge in [0, 0.05) is 24.7 Å². The van der Waals surface area contributed by atoms with Crippen LogP contribution in [0.2, 0.25) is 0 Å². The number of nitrogens with zero attached hydrogens (tertiary/aromatic N) is 6. The van der Waals surface area contributed by atoms with Gasteiger partial charge >= 0.3 is 5.97 Å². The Balaban J connectivity index is 1.52. The van der Waals surface area contributed by atoms with Crippen LogP contribution in [0.5, 0.6) is 0 Å². The van der Waals surface area contributed by atoms with E-state index in [1.807, 2.05) is 43.3 Å². The summed E-state index contributed by atoms with van der Waals surface area (Å²) in [7, 11) is 1.65. The fourth-order valence-corrected chi connectivity index (χ4v) is 4.83. The summed E-state index contributed by atoms with van der Waals surface area (Å²) >= 11 is 0. The number of hydrogen-bond donors (Lipinski definition) is 0. The Labute approximate surface area is 227 Å². The number of methoxy groups -OCH3 is 1. The molecule has 3 rings (SSSR count). The van der Waals surface area contributed by atoms with Gasteiger partial charge in [0.2, 0.25) is 0 Å². The van der Waals surface area contributed by atoms with E-state index >= 15 is 0 Å². The third-order valence-corrected chi connectivity index (χ3v) is 7.52. The summed E-state index contributed by atoms with van der Waals surface area (Å²) in [6.07, 6.45) is -0.375. The molecular weight excluding hydrogens is 520 g/mol. The zero-order valence-electron chi connectivity index (χ0n) is 22.0. The van der Waals surface area contributed by atoms with Crippen LogP contribution in [-0.4, -0.2) is 47.6 Å². The Morgan fingerprint density at radius 3 is 2.08 bits per heavy atom. The van der Waals surface area contributed by atoms with Gasteiger partial charge in [0.1, 0.15) is 6.23 Å². The average Bonchev–Trinajstić information content (AvgIpc) is 2.95. The maximum absolute atomic E-state index is 12.8. The predicted octanol–water partition coefficient (Wildman–Crippen LogP) is 6.36. The highest BCUT2D eigenvalue weighted by molar-refractivity contribution is 7.91. The third kappa shape index (κ3) is 8.92. The molecule has 0 bridgehead atoms. The lowest BCUT2D eigenvalue weighted by Gasteiger charge is -2.13. The monoisotopic (exact) mass is 550 g/mol. The van der Waals surface area contributed by atoms with Crippen LogP contribution in [0.1, 0.15) is 28.8 Å². The number of hydrogen-bond acceptors (Lipinski definition) is 9. The second-order valence-electron chi connectivity index (χ2n) is 8.72. The van der Waals surface area contributed by atoms with E-state index in [-0.39, 0.29) is 30.1 Å². The zero-order chi connectivity index (χ0) is 28.3. The summed E-state index contributed by atoms with van der Waals surface area (Å²) < 4.78 is 35.9. The van der Waals surface area contributed by atoms with Gasteiger partial charge in [-0.25, -0.2) is 13.2 Å². The fourth-order valence-electron chi connectivity index (χ4n) is 3.50. The minimum absolute atomic E-state index is 0.133. The van der Waals surface area contributed by atoms with Gasteiger partial charge in [-0.15, -0.1) is 0 Å². The number of ether oxygens (including phenoxy) is 2. The van der Waals surface area contributed by atoms with Crippen molar-refractivity contribution in [3.63, 3.8) is 0 Å². The fraction of sp³-hybridized carbons (Fsp3) is 0.296. The van der Waals surface area contributed by atoms with Crippen molar-refractivity contribution in [3.8, 4) is 0 Å². The molecule has 0 heterocycles. The van der Waals surface area contributed by atoms with Gasteiger partial charge in [-0.05, 0) is 84.6 Å². The molecule has 0 aliphatic rings. The van der Waals surface area contributed by atoms with Gasteiger partial charge in [0.25, 0.3) is 0 Å². The van der Waals surface area contributed by atoms with Gasteiger partial charge < -0.3 is 14.4 Å². The molecule has 0 aliphatic carbocycles. The SMILES string of the molecule is COC(=O)c1ccc(COC(CCCS(=O)(=O)c2ccc(N=Nc3ccc(N(C)C)cc3)cc2)N=[N+]=[N-])cc1. The van der Waals surface area contributed by atoms with Gasteiger partial charge in [-0.2, -0.15) is 10.2 Å². The Hall–Kier alpha value is -4.25. The smallest absolute Gasteiger partial charge is 0.337 e. The zero-order valence-corrected chi connectivity index (χ0v) is 22.8. The van der Waals surface area contributed by atoms with Gasteiger partial charge in [0.05, 0.1) is 41.3 Å². The molecule has 0 saturated carbocycles. The quantitative estimate of drug-likeness (QED) is 0.105. The molecule has 0 aliphatic heterocycles. The first-order valence-corrected chi connectivity index (χ1v) is 13.7. The standard InChI is InChI=1S/C27H30N6O5S/c1-33(2)24-14-10-22(11-15-24)29-30-23-12-16-25(17-13-23)39(35,36)18-4-5-26(31-32-28)38-19-20-6-8-21(9-7-20)27(34)37-3/h6-17,26H,4-5,18-19H2,1-3H3. The summed E-state index contributed by atoms with van der Waals surface area (Å²) in [5.41, 5.74) is 12.3. The molecule has 0 N–H and O–H groups in total. The number of azide groups is 1. The third-order valence-electron chi connectivity index (χ3n) is 5.70. The van der Waals surface area contributed by atoms with E-state index in [1.54, 1.807) is 36.4 Å². The minimum Gasteiger partial charge on any atom is -0.465 e. The molecule has 11 nitrogen and oxygen atoms in total. The Morgan fingerprint density at radius 1 is 0.949 bits per heavy atom. The molecule has 1 unspecified atom stereocenters. The number of carbonyl (C=O) groups excluding carboxylic acids is 1. The van der Waals surface area contributed by atoms with Crippen molar-refractivity contribution in [1.82, 2.24) is 0 Å². The van der Waals surface area contributed by atoms with E-state index in [0.717, 1.165) is 11.3 Å². The van der Waals surface area contributed by atoms with Crippen molar-refractivity contribution in [2.75, 3.05) is 31.9 Å². The average molecular weight is 551 g/mol. The molecule has 0 radical (unpaired) electrons. The number of benzene rings is 3. The number of rotatable bonds is 13. The Bertz CT molecular complexity index is 1420. The predicted molar refractivity (Wildman–Crippen MR) is 148 cm³/mol. The molecule has 0 fully saturated rings. The lowest BCUT2D eigenvalue weighted by atomic mass is 10.1. The summed E-state index contributed by atoms with van der Waals surface area (Å²) in [5.74, 6) is -0.582. The van der Waals surface area contributed by atoms with E-state index in [0.29, 0.717) is 16.9 Å². The molecule has 12 heteroatoms. The largest absolute Gasteiger partial charge is 0.465 e. The van der Waals surface area contributed by atoms with Gasteiger partial charge in [-0.1, -0.05) is 17.2 Å². The van der Waals surface area contributed by atoms with Crippen molar-refractivity contribution in [2.24, 2.45) is 15.3 Å². The van der Waals surface area contributed by atoms with Gasteiger partial charge in [-0.3, -0.25) is 0 Å². The molecule has 39 heavy (non-hydrogen) atoms. The first-order valence-electron chi connectivity index (χ1n) is 12.1.